The van der Waals surface area contributed by atoms with Gasteiger partial charge in [0.05, 0.1) is 18.7 Å². The fourth-order valence-electron chi connectivity index (χ4n) is 1.04. The second-order valence-electron chi connectivity index (χ2n) is 2.66. The highest BCUT2D eigenvalue weighted by molar-refractivity contribution is 7.91. The zero-order valence-corrected chi connectivity index (χ0v) is 8.78. The quantitative estimate of drug-likeness (QED) is 0.603. The van der Waals surface area contributed by atoms with Crippen LogP contribution in [0.15, 0.2) is 0 Å². The van der Waals surface area contributed by atoms with E-state index in [0.717, 1.165) is 0 Å². The van der Waals surface area contributed by atoms with Gasteiger partial charge in [0.1, 0.15) is 6.04 Å². The molecular formula is C6H12ClNO4S. The number of hydrogen-bond donors (Lipinski definition) is 1. The van der Waals surface area contributed by atoms with Gasteiger partial charge in [0.15, 0.2) is 9.84 Å². The highest BCUT2D eigenvalue weighted by Crippen LogP contribution is 2.05. The third kappa shape index (κ3) is 3.50. The number of carbonyl (C=O) groups excluding carboxylic acids is 1. The van der Waals surface area contributed by atoms with Crippen molar-refractivity contribution in [2.45, 2.75) is 12.5 Å². The van der Waals surface area contributed by atoms with Crippen molar-refractivity contribution in [2.24, 2.45) is 0 Å². The summed E-state index contributed by atoms with van der Waals surface area (Å²) in [5.41, 5.74) is 0. The van der Waals surface area contributed by atoms with Gasteiger partial charge >= 0.3 is 5.97 Å². The van der Waals surface area contributed by atoms with Gasteiger partial charge in [0.25, 0.3) is 0 Å². The number of sulfone groups is 1. The van der Waals surface area contributed by atoms with Crippen LogP contribution >= 0.6 is 12.4 Å². The van der Waals surface area contributed by atoms with Crippen molar-refractivity contribution >= 4 is 28.2 Å². The maximum Gasteiger partial charge on any atom is 0.322 e. The molecular weight excluding hydrogens is 218 g/mol. The zero-order valence-electron chi connectivity index (χ0n) is 7.15. The van der Waals surface area contributed by atoms with E-state index in [1.165, 1.54) is 7.11 Å². The molecule has 1 unspecified atom stereocenters. The summed E-state index contributed by atoms with van der Waals surface area (Å²) in [6.45, 7) is 0. The van der Waals surface area contributed by atoms with Crippen LogP contribution in [0.5, 0.6) is 0 Å². The molecule has 1 saturated heterocycles. The Hall–Kier alpha value is -0.330. The van der Waals surface area contributed by atoms with Gasteiger partial charge in [-0.1, -0.05) is 0 Å². The molecule has 13 heavy (non-hydrogen) atoms. The van der Waals surface area contributed by atoms with Crippen molar-refractivity contribution < 1.29 is 17.9 Å². The van der Waals surface area contributed by atoms with Crippen LogP contribution in [-0.2, 0) is 19.4 Å². The third-order valence-electron chi connectivity index (χ3n) is 1.75. The number of carbonyl (C=O) groups is 1. The van der Waals surface area contributed by atoms with E-state index in [0.29, 0.717) is 6.42 Å². The largest absolute Gasteiger partial charge is 0.468 e. The summed E-state index contributed by atoms with van der Waals surface area (Å²) in [6, 6.07) is -0.460. The van der Waals surface area contributed by atoms with Gasteiger partial charge in [-0.2, -0.15) is 0 Å². The van der Waals surface area contributed by atoms with Gasteiger partial charge in [0, 0.05) is 0 Å². The molecule has 0 aromatic carbocycles. The van der Waals surface area contributed by atoms with Crippen LogP contribution in [-0.4, -0.2) is 39.2 Å². The molecule has 7 heteroatoms. The van der Waals surface area contributed by atoms with Crippen LogP contribution in [0.3, 0.4) is 0 Å². The molecule has 0 spiro atoms. The maximum atomic E-state index is 10.9. The van der Waals surface area contributed by atoms with Crippen molar-refractivity contribution in [2.75, 3.05) is 18.7 Å². The van der Waals surface area contributed by atoms with E-state index in [1.54, 1.807) is 0 Å². The van der Waals surface area contributed by atoms with Crippen molar-refractivity contribution in [3.05, 3.63) is 0 Å². The molecule has 1 rings (SSSR count). The SMILES string of the molecule is COC(=O)C1CCS(=O)(=O)CN1.Cl. The predicted molar refractivity (Wildman–Crippen MR) is 49.5 cm³/mol. The van der Waals surface area contributed by atoms with Gasteiger partial charge in [0.2, 0.25) is 0 Å². The van der Waals surface area contributed by atoms with E-state index >= 15 is 0 Å². The van der Waals surface area contributed by atoms with E-state index in [9.17, 15) is 13.2 Å². The summed E-state index contributed by atoms with van der Waals surface area (Å²) < 4.78 is 26.2. The van der Waals surface area contributed by atoms with Crippen molar-refractivity contribution in [1.29, 1.82) is 0 Å². The normalized spacial score (nSPS) is 25.8. The van der Waals surface area contributed by atoms with Crippen molar-refractivity contribution in [1.82, 2.24) is 5.32 Å². The van der Waals surface area contributed by atoms with E-state index in [2.05, 4.69) is 10.1 Å². The van der Waals surface area contributed by atoms with Crippen molar-refractivity contribution in [3.63, 3.8) is 0 Å². The summed E-state index contributed by atoms with van der Waals surface area (Å²) in [5, 5.41) is 2.60. The van der Waals surface area contributed by atoms with Gasteiger partial charge in [-0.15, -0.1) is 12.4 Å². The van der Waals surface area contributed by atoms with E-state index < -0.39 is 21.8 Å². The first-order valence-corrected chi connectivity index (χ1v) is 5.39. The number of nitrogens with one attached hydrogen (secondary N) is 1. The molecule has 0 aliphatic carbocycles. The molecule has 5 nitrogen and oxygen atoms in total. The Morgan fingerprint density at radius 2 is 2.15 bits per heavy atom. The zero-order chi connectivity index (χ0) is 9.19. The first kappa shape index (κ1) is 12.7. The Bertz CT molecular complexity index is 262. The number of rotatable bonds is 1. The number of halogens is 1. The maximum absolute atomic E-state index is 10.9. The fraction of sp³-hybridized carbons (Fsp3) is 0.833. The molecule has 0 bridgehead atoms. The van der Waals surface area contributed by atoms with Crippen LogP contribution in [0.4, 0.5) is 0 Å². The monoisotopic (exact) mass is 229 g/mol. The lowest BCUT2D eigenvalue weighted by atomic mass is 10.2. The molecule has 0 aromatic rings. The topological polar surface area (TPSA) is 72.5 Å². The number of hydrogen-bond acceptors (Lipinski definition) is 5. The van der Waals surface area contributed by atoms with Crippen LogP contribution < -0.4 is 5.32 Å². The highest BCUT2D eigenvalue weighted by Gasteiger charge is 2.28. The molecule has 1 heterocycles. The molecule has 0 saturated carbocycles. The molecule has 1 fully saturated rings. The Balaban J connectivity index is 0.00000144. The van der Waals surface area contributed by atoms with Crippen LogP contribution in [0, 0.1) is 0 Å². The number of esters is 1. The number of methoxy groups -OCH3 is 1. The minimum absolute atomic E-state index is 0. The lowest BCUT2D eigenvalue weighted by Crippen LogP contribution is -2.46. The van der Waals surface area contributed by atoms with Gasteiger partial charge < -0.3 is 4.74 Å². The summed E-state index contributed by atoms with van der Waals surface area (Å²) in [6.07, 6.45) is 0.301. The Kier molecular flexibility index (Phi) is 4.66. The summed E-state index contributed by atoms with van der Waals surface area (Å²) >= 11 is 0. The molecule has 0 radical (unpaired) electrons. The highest BCUT2D eigenvalue weighted by atomic mass is 35.5. The molecule has 1 N–H and O–H groups in total. The molecule has 1 aliphatic heterocycles. The summed E-state index contributed by atoms with van der Waals surface area (Å²) in [4.78, 5) is 10.9. The molecule has 78 valence electrons. The Morgan fingerprint density at radius 3 is 2.54 bits per heavy atom. The van der Waals surface area contributed by atoms with E-state index in [1.807, 2.05) is 0 Å². The smallest absolute Gasteiger partial charge is 0.322 e. The average molecular weight is 230 g/mol. The summed E-state index contributed by atoms with van der Waals surface area (Å²) in [7, 11) is -1.69. The average Bonchev–Trinajstić information content (AvgIpc) is 2.03. The first-order chi connectivity index (χ1) is 5.55. The molecule has 1 atom stereocenters. The fourth-order valence-corrected chi connectivity index (χ4v) is 2.24. The standard InChI is InChI=1S/C6H11NO4S.ClH/c1-11-6(8)5-2-3-12(9,10)4-7-5;/h5,7H,2-4H2,1H3;1H. The molecule has 0 aromatic heterocycles. The second kappa shape index (κ2) is 4.78. The van der Waals surface area contributed by atoms with Gasteiger partial charge in [-0.25, -0.2) is 8.42 Å². The number of ether oxygens (including phenoxy) is 1. The van der Waals surface area contributed by atoms with Gasteiger partial charge in [-0.05, 0) is 6.42 Å². The van der Waals surface area contributed by atoms with Crippen LogP contribution in [0.1, 0.15) is 6.42 Å². The van der Waals surface area contributed by atoms with Gasteiger partial charge in [-0.3, -0.25) is 10.1 Å². The van der Waals surface area contributed by atoms with Crippen LogP contribution in [0.25, 0.3) is 0 Å². The Morgan fingerprint density at radius 1 is 1.54 bits per heavy atom. The molecule has 0 amide bonds. The summed E-state index contributed by atoms with van der Waals surface area (Å²) in [5.74, 6) is -0.475. The Labute approximate surface area is 83.2 Å². The predicted octanol–water partition coefficient (Wildman–Crippen LogP) is -0.685. The lowest BCUT2D eigenvalue weighted by molar-refractivity contribution is -0.143. The lowest BCUT2D eigenvalue weighted by Gasteiger charge is -2.20. The van der Waals surface area contributed by atoms with E-state index in [-0.39, 0.29) is 24.0 Å². The minimum atomic E-state index is -2.98. The minimum Gasteiger partial charge on any atom is -0.468 e. The first-order valence-electron chi connectivity index (χ1n) is 3.57. The molecule has 1 aliphatic rings. The third-order valence-corrected chi connectivity index (χ3v) is 3.22. The van der Waals surface area contributed by atoms with E-state index in [4.69, 9.17) is 0 Å². The van der Waals surface area contributed by atoms with Crippen LogP contribution in [0.2, 0.25) is 0 Å². The second-order valence-corrected chi connectivity index (χ2v) is 4.84. The van der Waals surface area contributed by atoms with Crippen molar-refractivity contribution in [3.8, 4) is 0 Å².